The van der Waals surface area contributed by atoms with Crippen molar-refractivity contribution in [3.63, 3.8) is 0 Å². The highest BCUT2D eigenvalue weighted by molar-refractivity contribution is 5.80. The van der Waals surface area contributed by atoms with E-state index in [1.54, 1.807) is 0 Å². The molecule has 0 aliphatic carbocycles. The molecule has 0 aliphatic heterocycles. The lowest BCUT2D eigenvalue weighted by molar-refractivity contribution is -0.384. The molecule has 0 unspecified atom stereocenters. The van der Waals surface area contributed by atoms with Crippen LogP contribution in [0.15, 0.2) is 24.3 Å². The van der Waals surface area contributed by atoms with Gasteiger partial charge in [0.05, 0.1) is 11.0 Å². The van der Waals surface area contributed by atoms with Gasteiger partial charge in [-0.25, -0.2) is 0 Å². The zero-order valence-corrected chi connectivity index (χ0v) is 9.66. The van der Waals surface area contributed by atoms with Gasteiger partial charge in [0.15, 0.2) is 6.61 Å². The van der Waals surface area contributed by atoms with Crippen LogP contribution in [-0.2, 0) is 9.59 Å². The van der Waals surface area contributed by atoms with E-state index in [2.05, 4.69) is 5.32 Å². The molecular weight excluding hydrogens is 240 g/mol. The molecule has 0 bridgehead atoms. The molecule has 0 saturated heterocycles. The molecule has 7 heteroatoms. The Morgan fingerprint density at radius 1 is 1.50 bits per heavy atom. The molecule has 1 amide bonds. The number of nitrogens with one attached hydrogen (secondary N) is 1. The Balaban J connectivity index is 2.46. The molecule has 1 atom stereocenters. The van der Waals surface area contributed by atoms with Gasteiger partial charge in [0, 0.05) is 12.1 Å². The number of carbonyl (C=O) groups is 2. The fourth-order valence-corrected chi connectivity index (χ4v) is 1.14. The number of nitro groups is 1. The van der Waals surface area contributed by atoms with Crippen LogP contribution in [-0.4, -0.2) is 29.8 Å². The average molecular weight is 252 g/mol. The second-order valence-electron chi connectivity index (χ2n) is 3.53. The van der Waals surface area contributed by atoms with Crippen LogP contribution < -0.4 is 10.1 Å². The molecule has 96 valence electrons. The molecule has 1 aromatic carbocycles. The number of nitro benzene ring substituents is 1. The maximum Gasteiger partial charge on any atom is 0.269 e. The third-order valence-electron chi connectivity index (χ3n) is 2.01. The predicted octanol–water partition coefficient (Wildman–Crippen LogP) is 0.677. The Morgan fingerprint density at radius 3 is 2.61 bits per heavy atom. The summed E-state index contributed by atoms with van der Waals surface area (Å²) >= 11 is 0. The Morgan fingerprint density at radius 2 is 2.11 bits per heavy atom. The highest BCUT2D eigenvalue weighted by atomic mass is 16.6. The van der Waals surface area contributed by atoms with Gasteiger partial charge in [-0.05, 0) is 19.1 Å². The number of non-ortho nitro benzene ring substituents is 1. The van der Waals surface area contributed by atoms with Crippen molar-refractivity contribution < 1.29 is 19.2 Å². The van der Waals surface area contributed by atoms with Crippen LogP contribution in [0.2, 0.25) is 0 Å². The molecular formula is C11H12N2O5. The molecule has 1 N–H and O–H groups in total. The number of benzene rings is 1. The van der Waals surface area contributed by atoms with Crippen molar-refractivity contribution >= 4 is 17.9 Å². The van der Waals surface area contributed by atoms with E-state index in [1.807, 2.05) is 0 Å². The third kappa shape index (κ3) is 4.20. The van der Waals surface area contributed by atoms with Crippen molar-refractivity contribution in [3.8, 4) is 5.75 Å². The predicted molar refractivity (Wildman–Crippen MR) is 62.3 cm³/mol. The minimum atomic E-state index is -0.571. The van der Waals surface area contributed by atoms with Crippen molar-refractivity contribution in [2.24, 2.45) is 0 Å². The van der Waals surface area contributed by atoms with Gasteiger partial charge in [0.2, 0.25) is 0 Å². The van der Waals surface area contributed by atoms with Crippen molar-refractivity contribution in [3.05, 3.63) is 34.4 Å². The van der Waals surface area contributed by atoms with Crippen molar-refractivity contribution in [2.75, 3.05) is 6.61 Å². The van der Waals surface area contributed by atoms with E-state index in [0.29, 0.717) is 12.0 Å². The molecule has 7 nitrogen and oxygen atoms in total. The number of amides is 1. The summed E-state index contributed by atoms with van der Waals surface area (Å²) < 4.78 is 5.10. The lowest BCUT2D eigenvalue weighted by atomic mass is 10.3. The minimum absolute atomic E-state index is 0.0543. The summed E-state index contributed by atoms with van der Waals surface area (Å²) in [5.74, 6) is -0.0949. The normalized spacial score (nSPS) is 11.4. The number of aldehydes is 1. The number of rotatable bonds is 6. The number of hydrogen-bond donors (Lipinski definition) is 1. The van der Waals surface area contributed by atoms with E-state index in [-0.39, 0.29) is 12.3 Å². The first-order valence-electron chi connectivity index (χ1n) is 5.15. The smallest absolute Gasteiger partial charge is 0.269 e. The average Bonchev–Trinajstić information content (AvgIpc) is 2.36. The first-order valence-corrected chi connectivity index (χ1v) is 5.15. The molecule has 0 aliphatic rings. The van der Waals surface area contributed by atoms with E-state index < -0.39 is 16.9 Å². The maximum absolute atomic E-state index is 11.3. The standard InChI is InChI=1S/C11H12N2O5/c1-8(6-14)12-11(15)7-18-10-4-2-9(3-5-10)13(16)17/h2-6,8H,7H2,1H3,(H,12,15)/t8-/m0/s1. The van der Waals surface area contributed by atoms with Gasteiger partial charge in [0.25, 0.3) is 11.6 Å². The van der Waals surface area contributed by atoms with E-state index in [4.69, 9.17) is 4.74 Å². The second-order valence-corrected chi connectivity index (χ2v) is 3.53. The van der Waals surface area contributed by atoms with E-state index in [9.17, 15) is 19.7 Å². The van der Waals surface area contributed by atoms with E-state index in [1.165, 1.54) is 31.2 Å². The van der Waals surface area contributed by atoms with Crippen LogP contribution in [0.1, 0.15) is 6.92 Å². The summed E-state index contributed by atoms with van der Waals surface area (Å²) in [5.41, 5.74) is -0.0543. The first kappa shape index (κ1) is 13.6. The van der Waals surface area contributed by atoms with Crippen molar-refractivity contribution in [1.29, 1.82) is 0 Å². The van der Waals surface area contributed by atoms with E-state index in [0.717, 1.165) is 0 Å². The number of ether oxygens (including phenoxy) is 1. The first-order chi connectivity index (χ1) is 8.52. The van der Waals surface area contributed by atoms with Crippen LogP contribution in [0.5, 0.6) is 5.75 Å². The summed E-state index contributed by atoms with van der Waals surface area (Å²) in [4.78, 5) is 31.4. The summed E-state index contributed by atoms with van der Waals surface area (Å²) in [6.07, 6.45) is 0.601. The molecule has 1 rings (SSSR count). The van der Waals surface area contributed by atoms with Crippen LogP contribution >= 0.6 is 0 Å². The van der Waals surface area contributed by atoms with Gasteiger partial charge >= 0.3 is 0 Å². The Hall–Kier alpha value is -2.44. The van der Waals surface area contributed by atoms with E-state index >= 15 is 0 Å². The molecule has 1 aromatic rings. The van der Waals surface area contributed by atoms with Gasteiger partial charge in [-0.2, -0.15) is 0 Å². The molecule has 0 heterocycles. The highest BCUT2D eigenvalue weighted by Crippen LogP contribution is 2.16. The van der Waals surface area contributed by atoms with Crippen LogP contribution in [0.3, 0.4) is 0 Å². The Labute approximate surface area is 103 Å². The summed E-state index contributed by atoms with van der Waals surface area (Å²) in [6.45, 7) is 1.28. The lowest BCUT2D eigenvalue weighted by Crippen LogP contribution is -2.36. The maximum atomic E-state index is 11.3. The number of hydrogen-bond acceptors (Lipinski definition) is 5. The fourth-order valence-electron chi connectivity index (χ4n) is 1.14. The zero-order valence-electron chi connectivity index (χ0n) is 9.66. The van der Waals surface area contributed by atoms with Crippen LogP contribution in [0.25, 0.3) is 0 Å². The van der Waals surface area contributed by atoms with Gasteiger partial charge < -0.3 is 14.8 Å². The Bertz CT molecular complexity index is 443. The lowest BCUT2D eigenvalue weighted by Gasteiger charge is -2.08. The number of nitrogens with zero attached hydrogens (tertiary/aromatic N) is 1. The number of carbonyl (C=O) groups excluding carboxylic acids is 2. The quantitative estimate of drug-likeness (QED) is 0.456. The topological polar surface area (TPSA) is 98.5 Å². The summed E-state index contributed by atoms with van der Waals surface area (Å²) in [7, 11) is 0. The molecule has 0 fully saturated rings. The van der Waals surface area contributed by atoms with Crippen LogP contribution in [0, 0.1) is 10.1 Å². The Kier molecular flexibility index (Phi) is 4.79. The van der Waals surface area contributed by atoms with Crippen molar-refractivity contribution in [2.45, 2.75) is 13.0 Å². The van der Waals surface area contributed by atoms with Crippen LogP contribution in [0.4, 0.5) is 5.69 Å². The zero-order chi connectivity index (χ0) is 13.5. The molecule has 18 heavy (non-hydrogen) atoms. The SMILES string of the molecule is C[C@@H](C=O)NC(=O)COc1ccc([N+](=O)[O-])cc1. The van der Waals surface area contributed by atoms with Gasteiger partial charge in [-0.15, -0.1) is 0 Å². The van der Waals surface area contributed by atoms with Crippen molar-refractivity contribution in [1.82, 2.24) is 5.32 Å². The monoisotopic (exact) mass is 252 g/mol. The van der Waals surface area contributed by atoms with Gasteiger partial charge in [-0.3, -0.25) is 14.9 Å². The highest BCUT2D eigenvalue weighted by Gasteiger charge is 2.08. The summed E-state index contributed by atoms with van der Waals surface area (Å²) in [5, 5.41) is 12.8. The largest absolute Gasteiger partial charge is 0.484 e. The third-order valence-corrected chi connectivity index (χ3v) is 2.01. The molecule has 0 aromatic heterocycles. The minimum Gasteiger partial charge on any atom is -0.484 e. The van der Waals surface area contributed by atoms with Gasteiger partial charge in [0.1, 0.15) is 12.0 Å². The fraction of sp³-hybridized carbons (Fsp3) is 0.273. The molecule has 0 radical (unpaired) electrons. The summed E-state index contributed by atoms with van der Waals surface area (Å²) in [6, 6.07) is 4.78. The molecule has 0 saturated carbocycles. The second kappa shape index (κ2) is 6.33. The molecule has 0 spiro atoms. The van der Waals surface area contributed by atoms with Gasteiger partial charge in [-0.1, -0.05) is 0 Å².